The van der Waals surface area contributed by atoms with Gasteiger partial charge in [0.15, 0.2) is 0 Å². The van der Waals surface area contributed by atoms with E-state index in [2.05, 4.69) is 4.98 Å². The Balaban J connectivity index is 2.35. The van der Waals surface area contributed by atoms with Crippen LogP contribution in [0, 0.1) is 6.92 Å². The normalized spacial score (nSPS) is 10.4. The van der Waals surface area contributed by atoms with Crippen molar-refractivity contribution >= 4 is 11.6 Å². The first-order valence-corrected chi connectivity index (χ1v) is 5.31. The summed E-state index contributed by atoms with van der Waals surface area (Å²) < 4.78 is 1.54. The van der Waals surface area contributed by atoms with Crippen LogP contribution in [0.4, 0.5) is 0 Å². The second-order valence-corrected chi connectivity index (χ2v) is 3.99. The predicted molar refractivity (Wildman–Crippen MR) is 63.8 cm³/mol. The molecule has 0 N–H and O–H groups in total. The van der Waals surface area contributed by atoms with E-state index in [0.29, 0.717) is 6.54 Å². The van der Waals surface area contributed by atoms with Crippen molar-refractivity contribution in [2.45, 2.75) is 13.5 Å². The highest BCUT2D eigenvalue weighted by atomic mass is 35.5. The monoisotopic (exact) mass is 234 g/mol. The molecule has 0 amide bonds. The van der Waals surface area contributed by atoms with E-state index < -0.39 is 0 Å². The number of nitrogens with zero attached hydrogens (tertiary/aromatic N) is 2. The Morgan fingerprint density at radius 3 is 2.81 bits per heavy atom. The van der Waals surface area contributed by atoms with Gasteiger partial charge in [-0.2, -0.15) is 0 Å². The zero-order valence-electron chi connectivity index (χ0n) is 8.85. The quantitative estimate of drug-likeness (QED) is 0.747. The Morgan fingerprint density at radius 2 is 2.12 bits per heavy atom. The zero-order valence-corrected chi connectivity index (χ0v) is 9.61. The van der Waals surface area contributed by atoms with E-state index in [1.165, 1.54) is 17.0 Å². The lowest BCUT2D eigenvalue weighted by atomic mass is 10.1. The lowest BCUT2D eigenvalue weighted by Gasteiger charge is -2.07. The molecular formula is C12H11ClN2O. The summed E-state index contributed by atoms with van der Waals surface area (Å²) in [5, 5.41) is 0.228. The molecule has 1 aromatic carbocycles. The fourth-order valence-corrected chi connectivity index (χ4v) is 1.63. The molecule has 0 fully saturated rings. The summed E-state index contributed by atoms with van der Waals surface area (Å²) in [5.74, 6) is 0. The Kier molecular flexibility index (Phi) is 3.06. The molecule has 0 aliphatic carbocycles. The number of hydrogen-bond acceptors (Lipinski definition) is 2. The molecule has 0 bridgehead atoms. The molecule has 0 aliphatic heterocycles. The summed E-state index contributed by atoms with van der Waals surface area (Å²) in [6.07, 6.45) is 1.47. The Morgan fingerprint density at radius 1 is 1.38 bits per heavy atom. The van der Waals surface area contributed by atoms with Crippen LogP contribution in [0.25, 0.3) is 0 Å². The van der Waals surface area contributed by atoms with Crippen molar-refractivity contribution in [3.63, 3.8) is 0 Å². The van der Waals surface area contributed by atoms with Crippen molar-refractivity contribution in [1.29, 1.82) is 0 Å². The third-order valence-electron chi connectivity index (χ3n) is 2.45. The van der Waals surface area contributed by atoms with Gasteiger partial charge in [-0.1, -0.05) is 35.9 Å². The second kappa shape index (κ2) is 4.49. The molecule has 2 aromatic rings. The van der Waals surface area contributed by atoms with Crippen LogP contribution in [-0.4, -0.2) is 9.55 Å². The highest BCUT2D eigenvalue weighted by Gasteiger charge is 2.01. The minimum Gasteiger partial charge on any atom is -0.295 e. The van der Waals surface area contributed by atoms with Gasteiger partial charge in [-0.15, -0.1) is 0 Å². The van der Waals surface area contributed by atoms with E-state index in [0.717, 1.165) is 11.1 Å². The van der Waals surface area contributed by atoms with Gasteiger partial charge in [-0.25, -0.2) is 4.98 Å². The minimum atomic E-state index is -0.136. The number of hydrogen-bond donors (Lipinski definition) is 0. The molecule has 1 heterocycles. The average Bonchev–Trinajstić information content (AvgIpc) is 2.25. The van der Waals surface area contributed by atoms with Gasteiger partial charge in [-0.3, -0.25) is 9.36 Å². The SMILES string of the molecule is Cc1ccccc1Cn1cnc(Cl)cc1=O. The van der Waals surface area contributed by atoms with Crippen LogP contribution in [0.15, 0.2) is 41.5 Å². The van der Waals surface area contributed by atoms with Crippen LogP contribution in [0.2, 0.25) is 5.15 Å². The van der Waals surface area contributed by atoms with Crippen LogP contribution in [-0.2, 0) is 6.54 Å². The van der Waals surface area contributed by atoms with Gasteiger partial charge >= 0.3 is 0 Å². The van der Waals surface area contributed by atoms with Gasteiger partial charge in [0.1, 0.15) is 5.15 Å². The lowest BCUT2D eigenvalue weighted by molar-refractivity contribution is 0.732. The van der Waals surface area contributed by atoms with E-state index >= 15 is 0 Å². The van der Waals surface area contributed by atoms with Gasteiger partial charge in [0.25, 0.3) is 5.56 Å². The van der Waals surface area contributed by atoms with E-state index in [9.17, 15) is 4.79 Å². The summed E-state index contributed by atoms with van der Waals surface area (Å²) >= 11 is 5.63. The van der Waals surface area contributed by atoms with E-state index in [1.807, 2.05) is 31.2 Å². The predicted octanol–water partition coefficient (Wildman–Crippen LogP) is 2.25. The molecular weight excluding hydrogens is 224 g/mol. The number of benzene rings is 1. The van der Waals surface area contributed by atoms with Crippen LogP contribution >= 0.6 is 11.6 Å². The molecule has 0 spiro atoms. The first-order chi connectivity index (χ1) is 7.66. The lowest BCUT2D eigenvalue weighted by Crippen LogP contribution is -2.20. The number of aromatic nitrogens is 2. The van der Waals surface area contributed by atoms with Crippen molar-refractivity contribution < 1.29 is 0 Å². The Hall–Kier alpha value is -1.61. The van der Waals surface area contributed by atoms with Gasteiger partial charge in [0, 0.05) is 6.07 Å². The summed E-state index contributed by atoms with van der Waals surface area (Å²) in [5.41, 5.74) is 2.13. The number of rotatable bonds is 2. The van der Waals surface area contributed by atoms with E-state index in [-0.39, 0.29) is 10.7 Å². The van der Waals surface area contributed by atoms with Crippen molar-refractivity contribution in [2.75, 3.05) is 0 Å². The second-order valence-electron chi connectivity index (χ2n) is 3.60. The molecule has 0 saturated heterocycles. The zero-order chi connectivity index (χ0) is 11.5. The molecule has 0 aliphatic rings. The fourth-order valence-electron chi connectivity index (χ4n) is 1.49. The Bertz CT molecular complexity index is 563. The van der Waals surface area contributed by atoms with Gasteiger partial charge < -0.3 is 0 Å². The molecule has 0 unspecified atom stereocenters. The maximum absolute atomic E-state index is 11.6. The maximum Gasteiger partial charge on any atom is 0.255 e. The van der Waals surface area contributed by atoms with Crippen molar-refractivity contribution in [2.24, 2.45) is 0 Å². The maximum atomic E-state index is 11.6. The van der Waals surface area contributed by atoms with Crippen molar-refractivity contribution in [1.82, 2.24) is 9.55 Å². The third-order valence-corrected chi connectivity index (χ3v) is 2.65. The minimum absolute atomic E-state index is 0.136. The van der Waals surface area contributed by atoms with Crippen LogP contribution in [0.1, 0.15) is 11.1 Å². The number of aryl methyl sites for hydroxylation is 1. The van der Waals surface area contributed by atoms with E-state index in [4.69, 9.17) is 11.6 Å². The summed E-state index contributed by atoms with van der Waals surface area (Å²) in [7, 11) is 0. The first kappa shape index (κ1) is 10.9. The van der Waals surface area contributed by atoms with Crippen LogP contribution in [0.3, 0.4) is 0 Å². The Labute approximate surface area is 98.3 Å². The van der Waals surface area contributed by atoms with Crippen LogP contribution in [0.5, 0.6) is 0 Å². The van der Waals surface area contributed by atoms with E-state index in [1.54, 1.807) is 0 Å². The highest BCUT2D eigenvalue weighted by molar-refractivity contribution is 6.29. The topological polar surface area (TPSA) is 34.9 Å². The average molecular weight is 235 g/mol. The molecule has 82 valence electrons. The van der Waals surface area contributed by atoms with Crippen LogP contribution < -0.4 is 5.56 Å². The van der Waals surface area contributed by atoms with Gasteiger partial charge in [-0.05, 0) is 18.1 Å². The molecule has 16 heavy (non-hydrogen) atoms. The summed E-state index contributed by atoms with van der Waals surface area (Å²) in [6, 6.07) is 9.26. The third kappa shape index (κ3) is 2.31. The van der Waals surface area contributed by atoms with Crippen molar-refractivity contribution in [3.8, 4) is 0 Å². The molecule has 0 radical (unpaired) electrons. The highest BCUT2D eigenvalue weighted by Crippen LogP contribution is 2.08. The molecule has 3 nitrogen and oxygen atoms in total. The number of halogens is 1. The largest absolute Gasteiger partial charge is 0.295 e. The van der Waals surface area contributed by atoms with Crippen molar-refractivity contribution in [3.05, 3.63) is 63.3 Å². The van der Waals surface area contributed by atoms with Gasteiger partial charge in [0.2, 0.25) is 0 Å². The smallest absolute Gasteiger partial charge is 0.255 e. The molecule has 1 aromatic heterocycles. The summed E-state index contributed by atoms with van der Waals surface area (Å²) in [4.78, 5) is 15.5. The molecule has 0 saturated carbocycles. The van der Waals surface area contributed by atoms with Gasteiger partial charge in [0.05, 0.1) is 12.9 Å². The molecule has 4 heteroatoms. The summed E-state index contributed by atoms with van der Waals surface area (Å²) in [6.45, 7) is 2.54. The molecule has 0 atom stereocenters. The molecule has 2 rings (SSSR count). The fraction of sp³-hybridized carbons (Fsp3) is 0.167. The standard InChI is InChI=1S/C12H11ClN2O/c1-9-4-2-3-5-10(9)7-15-8-14-11(13)6-12(15)16/h2-6,8H,7H2,1H3. The first-order valence-electron chi connectivity index (χ1n) is 4.93.